The van der Waals surface area contributed by atoms with E-state index in [-0.39, 0.29) is 30.4 Å². The number of epoxide rings is 1. The molecule has 2 saturated heterocycles. The first kappa shape index (κ1) is 40.0. The van der Waals surface area contributed by atoms with Crippen LogP contribution in [0.5, 0.6) is 0 Å². The van der Waals surface area contributed by atoms with Crippen molar-refractivity contribution >= 4 is 23.5 Å². The summed E-state index contributed by atoms with van der Waals surface area (Å²) >= 11 is 0. The minimum atomic E-state index is -1.02. The number of aryl methyl sites for hydroxylation is 1. The fraction of sp³-hybridized carbons (Fsp3) is 0.514. The van der Waals surface area contributed by atoms with Crippen molar-refractivity contribution in [2.75, 3.05) is 39.5 Å². The third-order valence-electron chi connectivity index (χ3n) is 7.88. The Morgan fingerprint density at radius 3 is 2.26 bits per heavy atom. The normalized spacial score (nSPS) is 17.9. The molecule has 0 saturated carbocycles. The Bertz CT molecular complexity index is 1490. The van der Waals surface area contributed by atoms with E-state index in [1.54, 1.807) is 37.5 Å². The van der Waals surface area contributed by atoms with Gasteiger partial charge >= 0.3 is 0 Å². The van der Waals surface area contributed by atoms with Gasteiger partial charge in [0, 0.05) is 38.0 Å². The Kier molecular flexibility index (Phi) is 16.2. The van der Waals surface area contributed by atoms with Gasteiger partial charge in [0.25, 0.3) is 5.91 Å². The highest BCUT2D eigenvalue weighted by atomic mass is 16.6. The zero-order chi connectivity index (χ0) is 36.5. The van der Waals surface area contributed by atoms with E-state index in [1.807, 2.05) is 45.9 Å². The molecule has 3 atom stereocenters. The number of hydrogen-bond donors (Lipinski definition) is 3. The third kappa shape index (κ3) is 13.4. The molecule has 50 heavy (non-hydrogen) atoms. The second kappa shape index (κ2) is 20.3. The SMILES string of the molecule is CC.CC(C)CC(NC(=O)CNC(=O)C(Cc1cccnc1)NC(=O)c1cc(CN2CCOCC2)on1)C(=O)[C@@]1(C)CO1.Cc1ccccc1. The van der Waals surface area contributed by atoms with Gasteiger partial charge in [0.15, 0.2) is 17.2 Å². The zero-order valence-corrected chi connectivity index (χ0v) is 30.1. The molecule has 2 unspecified atom stereocenters. The minimum Gasteiger partial charge on any atom is -0.379 e. The molecule has 13 nitrogen and oxygen atoms in total. The molecule has 2 aliphatic heterocycles. The largest absolute Gasteiger partial charge is 0.379 e. The average Bonchev–Trinajstić information content (AvgIpc) is 3.70. The van der Waals surface area contributed by atoms with Crippen LogP contribution in [0.25, 0.3) is 0 Å². The lowest BCUT2D eigenvalue weighted by molar-refractivity contribution is -0.131. The van der Waals surface area contributed by atoms with Gasteiger partial charge in [-0.25, -0.2) is 0 Å². The van der Waals surface area contributed by atoms with Crippen LogP contribution < -0.4 is 16.0 Å². The molecule has 0 bridgehead atoms. The molecule has 4 heterocycles. The molecule has 5 rings (SSSR count). The molecule has 0 radical (unpaired) electrons. The van der Waals surface area contributed by atoms with Gasteiger partial charge in [-0.15, -0.1) is 0 Å². The van der Waals surface area contributed by atoms with Gasteiger partial charge in [-0.3, -0.25) is 29.1 Å². The number of rotatable bonds is 14. The number of ether oxygens (including phenoxy) is 2. The topological polar surface area (TPSA) is 168 Å². The highest BCUT2D eigenvalue weighted by Crippen LogP contribution is 2.29. The van der Waals surface area contributed by atoms with E-state index >= 15 is 0 Å². The number of nitrogens with one attached hydrogen (secondary N) is 3. The molecule has 2 aromatic heterocycles. The molecule has 2 aliphatic rings. The number of hydrogen-bond acceptors (Lipinski definition) is 10. The highest BCUT2D eigenvalue weighted by molar-refractivity contribution is 5.98. The van der Waals surface area contributed by atoms with E-state index in [1.165, 1.54) is 5.56 Å². The average molecular weight is 693 g/mol. The summed E-state index contributed by atoms with van der Waals surface area (Å²) in [4.78, 5) is 58.0. The highest BCUT2D eigenvalue weighted by Gasteiger charge is 2.50. The van der Waals surface area contributed by atoms with E-state index < -0.39 is 35.4 Å². The summed E-state index contributed by atoms with van der Waals surface area (Å²) in [5.41, 5.74) is 1.20. The fourth-order valence-electron chi connectivity index (χ4n) is 5.06. The van der Waals surface area contributed by atoms with Gasteiger partial charge in [0.1, 0.15) is 11.6 Å². The summed E-state index contributed by atoms with van der Waals surface area (Å²) in [6.45, 7) is 14.9. The van der Waals surface area contributed by atoms with Crippen LogP contribution in [-0.4, -0.2) is 95.7 Å². The summed E-state index contributed by atoms with van der Waals surface area (Å²) in [6.07, 6.45) is 3.78. The monoisotopic (exact) mass is 692 g/mol. The number of morpholine rings is 1. The Morgan fingerprint density at radius 1 is 0.980 bits per heavy atom. The Morgan fingerprint density at radius 2 is 1.68 bits per heavy atom. The zero-order valence-electron chi connectivity index (χ0n) is 30.1. The van der Waals surface area contributed by atoms with E-state index in [0.717, 1.165) is 13.1 Å². The molecular weight excluding hydrogens is 640 g/mol. The molecule has 2 fully saturated rings. The van der Waals surface area contributed by atoms with Gasteiger partial charge in [-0.1, -0.05) is 74.8 Å². The first-order valence-corrected chi connectivity index (χ1v) is 17.2. The Balaban J connectivity index is 0.000000659. The molecule has 0 spiro atoms. The van der Waals surface area contributed by atoms with Crippen molar-refractivity contribution in [3.8, 4) is 0 Å². The van der Waals surface area contributed by atoms with E-state index in [2.05, 4.69) is 50.0 Å². The van der Waals surface area contributed by atoms with Crippen LogP contribution in [0.3, 0.4) is 0 Å². The maximum atomic E-state index is 13.2. The molecule has 13 heteroatoms. The van der Waals surface area contributed by atoms with E-state index in [4.69, 9.17) is 14.0 Å². The molecule has 3 N–H and O–H groups in total. The summed E-state index contributed by atoms with van der Waals surface area (Å²) in [5.74, 6) is -1.18. The van der Waals surface area contributed by atoms with E-state index in [9.17, 15) is 19.2 Å². The van der Waals surface area contributed by atoms with Crippen molar-refractivity contribution in [2.45, 2.75) is 78.6 Å². The standard InChI is InChI=1S/C28H38N6O7.C7H8.C2H6/c1-18(2)11-21(25(36)28(3)17-40-28)31-24(35)15-30-26(37)22(12-19-5-4-6-29-14-19)32-27(38)23-13-20(41-33-23)16-34-7-9-39-10-8-34;1-7-5-3-2-4-6-7;1-2/h4-6,13-14,18,21-22H,7-12,15-17H2,1-3H3,(H,30,37)(H,31,35)(H,32,38);2-6H,1H3;1-2H3/t21?,22?,28-;;/m1../s1. The van der Waals surface area contributed by atoms with Gasteiger partial charge in [-0.2, -0.15) is 0 Å². The Labute approximate surface area is 294 Å². The van der Waals surface area contributed by atoms with Crippen molar-refractivity contribution in [3.63, 3.8) is 0 Å². The van der Waals surface area contributed by atoms with Crippen LogP contribution in [0.4, 0.5) is 0 Å². The quantitative estimate of drug-likeness (QED) is 0.213. The Hall–Kier alpha value is -4.46. The number of nitrogens with zero attached hydrogens (tertiary/aromatic N) is 3. The first-order valence-electron chi connectivity index (χ1n) is 17.2. The summed E-state index contributed by atoms with van der Waals surface area (Å²) < 4.78 is 16.0. The van der Waals surface area contributed by atoms with Crippen molar-refractivity contribution in [1.29, 1.82) is 0 Å². The smallest absolute Gasteiger partial charge is 0.274 e. The third-order valence-corrected chi connectivity index (χ3v) is 7.88. The number of pyridine rings is 1. The lowest BCUT2D eigenvalue weighted by Crippen LogP contribution is -2.52. The minimum absolute atomic E-state index is 0.0424. The summed E-state index contributed by atoms with van der Waals surface area (Å²) in [5, 5.41) is 11.9. The number of carbonyl (C=O) groups excluding carboxylic acids is 4. The number of ketones is 1. The maximum Gasteiger partial charge on any atom is 0.274 e. The maximum absolute atomic E-state index is 13.2. The predicted octanol–water partition coefficient (Wildman–Crippen LogP) is 3.27. The van der Waals surface area contributed by atoms with E-state index in [0.29, 0.717) is 44.1 Å². The van der Waals surface area contributed by atoms with Crippen molar-refractivity contribution in [1.82, 2.24) is 31.0 Å². The van der Waals surface area contributed by atoms with Gasteiger partial charge < -0.3 is 29.9 Å². The number of amides is 3. The summed E-state index contributed by atoms with van der Waals surface area (Å²) in [7, 11) is 0. The molecular formula is C37H52N6O7. The summed E-state index contributed by atoms with van der Waals surface area (Å²) in [6, 6.07) is 13.6. The molecule has 272 valence electrons. The van der Waals surface area contributed by atoms with Gasteiger partial charge in [0.2, 0.25) is 11.8 Å². The van der Waals surface area contributed by atoms with Gasteiger partial charge in [0.05, 0.1) is 39.0 Å². The number of carbonyl (C=O) groups is 4. The first-order chi connectivity index (χ1) is 24.0. The number of benzene rings is 1. The fourth-order valence-corrected chi connectivity index (χ4v) is 5.06. The second-order valence-corrected chi connectivity index (χ2v) is 12.7. The number of aromatic nitrogens is 2. The van der Waals surface area contributed by atoms with Crippen molar-refractivity contribution < 1.29 is 33.2 Å². The lowest BCUT2D eigenvalue weighted by Gasteiger charge is -2.25. The molecule has 3 amide bonds. The number of Topliss-reactive ketones (excluding diaryl/α,β-unsaturated/α-hetero) is 1. The van der Waals surface area contributed by atoms with Crippen molar-refractivity contribution in [2.24, 2.45) is 5.92 Å². The molecule has 3 aromatic rings. The van der Waals surface area contributed by atoms with Gasteiger partial charge in [-0.05, 0) is 37.8 Å². The molecule has 1 aromatic carbocycles. The van der Waals surface area contributed by atoms with Crippen LogP contribution in [-0.2, 0) is 36.8 Å². The predicted molar refractivity (Wildman–Crippen MR) is 188 cm³/mol. The van der Waals surface area contributed by atoms with Crippen LogP contribution in [0.1, 0.15) is 68.4 Å². The van der Waals surface area contributed by atoms with Crippen LogP contribution in [0.2, 0.25) is 0 Å². The van der Waals surface area contributed by atoms with Crippen LogP contribution >= 0.6 is 0 Å². The van der Waals surface area contributed by atoms with Crippen LogP contribution in [0, 0.1) is 12.8 Å². The lowest BCUT2D eigenvalue weighted by atomic mass is 9.93. The second-order valence-electron chi connectivity index (χ2n) is 12.7. The van der Waals surface area contributed by atoms with Crippen molar-refractivity contribution in [3.05, 3.63) is 83.5 Å². The van der Waals surface area contributed by atoms with Crippen LogP contribution in [0.15, 0.2) is 65.4 Å². The molecule has 0 aliphatic carbocycles.